The molecule has 2 amide bonds. The van der Waals surface area contributed by atoms with Crippen LogP contribution in [0.4, 0.5) is 11.4 Å². The lowest BCUT2D eigenvalue weighted by atomic mass is 9.93. The van der Waals surface area contributed by atoms with E-state index in [4.69, 9.17) is 9.84 Å². The Morgan fingerprint density at radius 1 is 1.30 bits per heavy atom. The third kappa shape index (κ3) is 4.15. The van der Waals surface area contributed by atoms with Gasteiger partial charge in [-0.3, -0.25) is 29.4 Å². The molecule has 10 nitrogen and oxygen atoms in total. The number of fused-ring (bicyclic) bond motifs is 1. The van der Waals surface area contributed by atoms with Crippen LogP contribution in [0.2, 0.25) is 0 Å². The van der Waals surface area contributed by atoms with Gasteiger partial charge in [-0.2, -0.15) is 0 Å². The van der Waals surface area contributed by atoms with Gasteiger partial charge in [-0.25, -0.2) is 0 Å². The van der Waals surface area contributed by atoms with Crippen LogP contribution in [-0.2, 0) is 14.4 Å². The average molecular weight is 377 g/mol. The number of carbonyl (C=O) groups is 3. The molecule has 2 aliphatic rings. The smallest absolute Gasteiger partial charge is 0.303 e. The lowest BCUT2D eigenvalue weighted by Gasteiger charge is -2.34. The zero-order valence-corrected chi connectivity index (χ0v) is 14.5. The molecule has 1 aromatic rings. The van der Waals surface area contributed by atoms with E-state index in [1.165, 1.54) is 23.1 Å². The van der Waals surface area contributed by atoms with Gasteiger partial charge in [0.1, 0.15) is 12.3 Å². The Balaban J connectivity index is 1.69. The van der Waals surface area contributed by atoms with Gasteiger partial charge in [0.25, 0.3) is 11.6 Å². The van der Waals surface area contributed by atoms with Crippen molar-refractivity contribution >= 4 is 29.2 Å². The molecule has 2 heterocycles. The minimum absolute atomic E-state index is 0.0416. The summed E-state index contributed by atoms with van der Waals surface area (Å²) < 4.78 is 5.28. The van der Waals surface area contributed by atoms with Crippen molar-refractivity contribution in [3.8, 4) is 5.75 Å². The summed E-state index contributed by atoms with van der Waals surface area (Å²) in [6, 6.07) is 3.91. The molecule has 3 rings (SSSR count). The second kappa shape index (κ2) is 7.60. The molecule has 2 aliphatic heterocycles. The van der Waals surface area contributed by atoms with Gasteiger partial charge < -0.3 is 14.7 Å². The summed E-state index contributed by atoms with van der Waals surface area (Å²) >= 11 is 0. The summed E-state index contributed by atoms with van der Waals surface area (Å²) in [5, 5.41) is 19.9. The first-order valence-electron chi connectivity index (χ1n) is 8.56. The van der Waals surface area contributed by atoms with Crippen molar-refractivity contribution in [2.45, 2.75) is 19.3 Å². The second-order valence-electron chi connectivity index (χ2n) is 6.60. The molecule has 0 aliphatic carbocycles. The van der Waals surface area contributed by atoms with Crippen LogP contribution >= 0.6 is 0 Å². The van der Waals surface area contributed by atoms with Crippen molar-refractivity contribution in [2.75, 3.05) is 31.1 Å². The van der Waals surface area contributed by atoms with Gasteiger partial charge >= 0.3 is 5.97 Å². The Kier molecular flexibility index (Phi) is 5.24. The summed E-state index contributed by atoms with van der Waals surface area (Å²) in [6.07, 6.45) is 1.27. The first kappa shape index (κ1) is 18.6. The molecule has 10 heteroatoms. The van der Waals surface area contributed by atoms with Gasteiger partial charge in [-0.15, -0.1) is 0 Å². The lowest BCUT2D eigenvalue weighted by Crippen LogP contribution is -2.48. The fraction of sp³-hybridized carbons (Fsp3) is 0.471. The number of rotatable bonds is 5. The molecule has 0 aromatic heterocycles. The lowest BCUT2D eigenvalue weighted by molar-refractivity contribution is -0.384. The molecule has 1 N–H and O–H groups in total. The maximum Gasteiger partial charge on any atom is 0.303 e. The van der Waals surface area contributed by atoms with E-state index in [1.807, 2.05) is 0 Å². The van der Waals surface area contributed by atoms with Crippen LogP contribution < -0.4 is 9.64 Å². The second-order valence-corrected chi connectivity index (χ2v) is 6.60. The van der Waals surface area contributed by atoms with Crippen molar-refractivity contribution in [1.82, 2.24) is 4.90 Å². The van der Waals surface area contributed by atoms with Crippen LogP contribution in [0, 0.1) is 16.0 Å². The number of ether oxygens (including phenoxy) is 1. The highest BCUT2D eigenvalue weighted by Crippen LogP contribution is 2.35. The zero-order valence-electron chi connectivity index (χ0n) is 14.5. The average Bonchev–Trinajstić information content (AvgIpc) is 2.63. The third-order valence-corrected chi connectivity index (χ3v) is 4.82. The Hall–Kier alpha value is -3.17. The largest absolute Gasteiger partial charge is 0.482 e. The van der Waals surface area contributed by atoms with Crippen molar-refractivity contribution in [1.29, 1.82) is 0 Å². The summed E-state index contributed by atoms with van der Waals surface area (Å²) in [5.41, 5.74) is 0.00791. The van der Waals surface area contributed by atoms with Gasteiger partial charge in [-0.05, 0) is 24.8 Å². The van der Waals surface area contributed by atoms with Crippen molar-refractivity contribution in [3.63, 3.8) is 0 Å². The van der Waals surface area contributed by atoms with Crippen LogP contribution in [0.1, 0.15) is 19.3 Å². The molecule has 1 fully saturated rings. The predicted octanol–water partition coefficient (Wildman–Crippen LogP) is 1.03. The van der Waals surface area contributed by atoms with E-state index in [-0.39, 0.29) is 42.8 Å². The van der Waals surface area contributed by atoms with Crippen molar-refractivity contribution < 1.29 is 29.2 Å². The van der Waals surface area contributed by atoms with Crippen LogP contribution in [0.5, 0.6) is 5.75 Å². The van der Waals surface area contributed by atoms with E-state index in [2.05, 4.69) is 0 Å². The summed E-state index contributed by atoms with van der Waals surface area (Å²) in [6.45, 7) is 0.382. The number of carboxylic acid groups (broad SMARTS) is 1. The van der Waals surface area contributed by atoms with E-state index in [0.29, 0.717) is 31.7 Å². The molecule has 1 saturated heterocycles. The first-order chi connectivity index (χ1) is 12.8. The number of non-ortho nitro benzene ring substituents is 1. The highest BCUT2D eigenvalue weighted by molar-refractivity contribution is 6.02. The maximum absolute atomic E-state index is 12.6. The summed E-state index contributed by atoms with van der Waals surface area (Å²) in [5.74, 6) is -1.22. The SMILES string of the molecule is O=C(O)CC1CCN(C(=O)CN2C(=O)COc3ccc([N+](=O)[O-])cc32)CC1. The zero-order chi connectivity index (χ0) is 19.6. The molecule has 0 unspecified atom stereocenters. The number of nitro benzene ring substituents is 1. The topological polar surface area (TPSA) is 130 Å². The molecular formula is C17H19N3O7. The van der Waals surface area contributed by atoms with Crippen LogP contribution in [0.15, 0.2) is 18.2 Å². The Bertz CT molecular complexity index is 787. The summed E-state index contributed by atoms with van der Waals surface area (Å²) in [7, 11) is 0. The first-order valence-corrected chi connectivity index (χ1v) is 8.56. The normalized spacial score (nSPS) is 17.3. The molecule has 0 radical (unpaired) electrons. The number of amides is 2. The number of aliphatic carboxylic acids is 1. The molecule has 1 aromatic carbocycles. The van der Waals surface area contributed by atoms with E-state index < -0.39 is 16.8 Å². The van der Waals surface area contributed by atoms with Gasteiger partial charge in [-0.1, -0.05) is 0 Å². The Morgan fingerprint density at radius 2 is 2.00 bits per heavy atom. The third-order valence-electron chi connectivity index (χ3n) is 4.82. The number of anilines is 1. The standard InChI is InChI=1S/C17H19N3O7/c21-15(18-5-3-11(4-6-18)7-17(23)24)9-19-13-8-12(20(25)26)1-2-14(13)27-10-16(19)22/h1-2,8,11H,3-7,9-10H2,(H,23,24). The Morgan fingerprint density at radius 3 is 2.63 bits per heavy atom. The van der Waals surface area contributed by atoms with Crippen LogP contribution in [0.25, 0.3) is 0 Å². The monoisotopic (exact) mass is 377 g/mol. The molecule has 27 heavy (non-hydrogen) atoms. The predicted molar refractivity (Wildman–Crippen MR) is 92.5 cm³/mol. The highest BCUT2D eigenvalue weighted by atomic mass is 16.6. The number of piperidine rings is 1. The Labute approximate surface area is 154 Å². The minimum atomic E-state index is -0.850. The van der Waals surface area contributed by atoms with Gasteiger partial charge in [0.2, 0.25) is 5.91 Å². The number of hydrogen-bond donors (Lipinski definition) is 1. The van der Waals surface area contributed by atoms with E-state index >= 15 is 0 Å². The molecule has 0 saturated carbocycles. The minimum Gasteiger partial charge on any atom is -0.482 e. The number of hydrogen-bond acceptors (Lipinski definition) is 6. The maximum atomic E-state index is 12.6. The number of nitrogens with zero attached hydrogens (tertiary/aromatic N) is 3. The van der Waals surface area contributed by atoms with E-state index in [9.17, 15) is 24.5 Å². The molecule has 0 spiro atoms. The quantitative estimate of drug-likeness (QED) is 0.599. The molecule has 144 valence electrons. The van der Waals surface area contributed by atoms with Gasteiger partial charge in [0.05, 0.1) is 10.6 Å². The van der Waals surface area contributed by atoms with Gasteiger partial charge in [0.15, 0.2) is 6.61 Å². The van der Waals surface area contributed by atoms with Crippen molar-refractivity contribution in [2.24, 2.45) is 5.92 Å². The number of nitro groups is 1. The van der Waals surface area contributed by atoms with E-state index in [1.54, 1.807) is 4.90 Å². The highest BCUT2D eigenvalue weighted by Gasteiger charge is 2.32. The molecular weight excluding hydrogens is 358 g/mol. The fourth-order valence-electron chi connectivity index (χ4n) is 3.35. The summed E-state index contributed by atoms with van der Waals surface area (Å²) in [4.78, 5) is 48.8. The van der Waals surface area contributed by atoms with Crippen molar-refractivity contribution in [3.05, 3.63) is 28.3 Å². The number of carbonyl (C=O) groups excluding carboxylic acids is 2. The van der Waals surface area contributed by atoms with Crippen LogP contribution in [0.3, 0.4) is 0 Å². The molecule has 0 atom stereocenters. The van der Waals surface area contributed by atoms with Gasteiger partial charge in [0, 0.05) is 31.6 Å². The number of carboxylic acids is 1. The van der Waals surface area contributed by atoms with Crippen LogP contribution in [-0.4, -0.2) is 59.0 Å². The molecule has 0 bridgehead atoms. The fourth-order valence-corrected chi connectivity index (χ4v) is 3.35. The number of likely N-dealkylation sites (tertiary alicyclic amines) is 1. The number of benzene rings is 1. The van der Waals surface area contributed by atoms with E-state index in [0.717, 1.165) is 0 Å².